The Bertz CT molecular complexity index is 1460. The van der Waals surface area contributed by atoms with Gasteiger partial charge >= 0.3 is 5.91 Å². The molecule has 1 N–H and O–H groups in total. The maximum Gasteiger partial charge on any atom is 0.301 e. The van der Waals surface area contributed by atoms with E-state index in [1.165, 1.54) is 40.5 Å². The maximum atomic E-state index is 13.7. The lowest BCUT2D eigenvalue weighted by Crippen LogP contribution is -2.29. The molecule has 1 aliphatic rings. The molecule has 0 saturated carbocycles. The average Bonchev–Trinajstić information content (AvgIpc) is 3.37. The number of aryl methyl sites for hydroxylation is 2. The number of carbonyl (C=O) groups excluding carboxylic acids is 2. The Morgan fingerprint density at radius 2 is 1.76 bits per heavy atom. The van der Waals surface area contributed by atoms with Crippen molar-refractivity contribution in [3.8, 4) is 0 Å². The van der Waals surface area contributed by atoms with Crippen molar-refractivity contribution in [2.24, 2.45) is 0 Å². The highest BCUT2D eigenvalue weighted by Gasteiger charge is 2.48. The number of hydrogen-bond acceptors (Lipinski definition) is 5. The summed E-state index contributed by atoms with van der Waals surface area (Å²) in [4.78, 5) is 32.4. The summed E-state index contributed by atoms with van der Waals surface area (Å²) in [6.07, 6.45) is 0.861. The lowest BCUT2D eigenvalue weighted by molar-refractivity contribution is -0.132. The average molecular weight is 473 g/mol. The molecule has 1 atom stereocenters. The zero-order valence-corrected chi connectivity index (χ0v) is 19.4. The van der Waals surface area contributed by atoms with Gasteiger partial charge in [-0.1, -0.05) is 66.3 Å². The molecule has 170 valence electrons. The Kier molecular flexibility index (Phi) is 5.49. The van der Waals surface area contributed by atoms with Gasteiger partial charge in [0.15, 0.2) is 5.13 Å². The van der Waals surface area contributed by atoms with E-state index in [-0.39, 0.29) is 11.3 Å². The number of halogens is 1. The number of ketones is 1. The van der Waals surface area contributed by atoms with Crippen LogP contribution >= 0.6 is 11.3 Å². The summed E-state index contributed by atoms with van der Waals surface area (Å²) in [5.74, 6) is -2.30. The van der Waals surface area contributed by atoms with Gasteiger partial charge in [0, 0.05) is 5.56 Å². The number of aliphatic hydroxyl groups excluding tert-OH is 1. The third-order valence-corrected chi connectivity index (χ3v) is 7.03. The molecule has 0 bridgehead atoms. The van der Waals surface area contributed by atoms with Crippen LogP contribution in [0.25, 0.3) is 16.0 Å². The lowest BCUT2D eigenvalue weighted by Gasteiger charge is -2.23. The molecular weight excluding hydrogens is 451 g/mol. The summed E-state index contributed by atoms with van der Waals surface area (Å²) >= 11 is 1.31. The molecule has 2 heterocycles. The molecule has 1 amide bonds. The molecule has 3 aromatic carbocycles. The number of fused-ring (bicyclic) bond motifs is 1. The standard InChI is InChI=1S/C27H21FN2O3S/c1-3-16-6-13-20-21(14-16)34-27(29-20)30-23(17-9-11-19(28)12-10-17)22(25(32)26(30)33)24(31)18-7-4-15(2)5-8-18/h4-14,23,31H,3H2,1-2H3/t23-/m0/s1. The molecule has 0 aliphatic carbocycles. The molecule has 1 aliphatic heterocycles. The number of anilines is 1. The monoisotopic (exact) mass is 472 g/mol. The summed E-state index contributed by atoms with van der Waals surface area (Å²) < 4.78 is 14.6. The van der Waals surface area contributed by atoms with Gasteiger partial charge < -0.3 is 5.11 Å². The van der Waals surface area contributed by atoms with Crippen LogP contribution < -0.4 is 4.90 Å². The van der Waals surface area contributed by atoms with E-state index in [2.05, 4.69) is 11.9 Å². The Morgan fingerprint density at radius 3 is 2.44 bits per heavy atom. The minimum atomic E-state index is -0.937. The van der Waals surface area contributed by atoms with E-state index in [9.17, 15) is 19.1 Å². The minimum Gasteiger partial charge on any atom is -0.507 e. The van der Waals surface area contributed by atoms with Crippen LogP contribution in [0.5, 0.6) is 0 Å². The van der Waals surface area contributed by atoms with Crippen LogP contribution in [0.3, 0.4) is 0 Å². The first-order valence-corrected chi connectivity index (χ1v) is 11.7. The van der Waals surface area contributed by atoms with Crippen molar-refractivity contribution in [1.82, 2.24) is 4.98 Å². The van der Waals surface area contributed by atoms with Gasteiger partial charge in [-0.2, -0.15) is 0 Å². The van der Waals surface area contributed by atoms with Gasteiger partial charge in [-0.15, -0.1) is 0 Å². The summed E-state index contributed by atoms with van der Waals surface area (Å²) in [6, 6.07) is 17.6. The minimum absolute atomic E-state index is 0.0473. The molecule has 5 nitrogen and oxygen atoms in total. The van der Waals surface area contributed by atoms with E-state index < -0.39 is 23.5 Å². The van der Waals surface area contributed by atoms with Gasteiger partial charge in [0.25, 0.3) is 5.78 Å². The fourth-order valence-corrected chi connectivity index (χ4v) is 5.19. The third-order valence-electron chi connectivity index (χ3n) is 6.01. The number of aromatic nitrogens is 1. The van der Waals surface area contributed by atoms with E-state index in [0.717, 1.165) is 27.8 Å². The van der Waals surface area contributed by atoms with E-state index >= 15 is 0 Å². The van der Waals surface area contributed by atoms with Crippen LogP contribution in [0.2, 0.25) is 0 Å². The number of carbonyl (C=O) groups is 2. The summed E-state index contributed by atoms with van der Waals surface area (Å²) in [5.41, 5.74) is 3.73. The highest BCUT2D eigenvalue weighted by molar-refractivity contribution is 7.22. The van der Waals surface area contributed by atoms with Crippen molar-refractivity contribution >= 4 is 44.1 Å². The van der Waals surface area contributed by atoms with Gasteiger partial charge in [-0.3, -0.25) is 14.5 Å². The second kappa shape index (κ2) is 8.50. The van der Waals surface area contributed by atoms with Gasteiger partial charge in [0.1, 0.15) is 11.6 Å². The van der Waals surface area contributed by atoms with Crippen molar-refractivity contribution < 1.29 is 19.1 Å². The number of Topliss-reactive ketones (excluding diaryl/α,β-unsaturated/α-hetero) is 1. The Labute approximate surface area is 199 Å². The first-order chi connectivity index (χ1) is 16.4. The Hall–Kier alpha value is -3.84. The van der Waals surface area contributed by atoms with Gasteiger partial charge in [0.2, 0.25) is 0 Å². The quantitative estimate of drug-likeness (QED) is 0.227. The first kappa shape index (κ1) is 22.0. The van der Waals surface area contributed by atoms with E-state index in [1.807, 2.05) is 37.3 Å². The van der Waals surface area contributed by atoms with Crippen LogP contribution in [0, 0.1) is 12.7 Å². The molecule has 0 spiro atoms. The molecule has 7 heteroatoms. The van der Waals surface area contributed by atoms with Crippen LogP contribution in [-0.4, -0.2) is 21.8 Å². The van der Waals surface area contributed by atoms with Gasteiger partial charge in [-0.05, 0) is 48.7 Å². The first-order valence-electron chi connectivity index (χ1n) is 10.9. The fraction of sp³-hybridized carbons (Fsp3) is 0.148. The second-order valence-electron chi connectivity index (χ2n) is 8.24. The topological polar surface area (TPSA) is 70.5 Å². The number of thiazole rings is 1. The number of aliphatic hydroxyl groups is 1. The van der Waals surface area contributed by atoms with E-state index in [0.29, 0.717) is 16.3 Å². The Balaban J connectivity index is 1.71. The van der Waals surface area contributed by atoms with Crippen molar-refractivity contribution in [3.63, 3.8) is 0 Å². The highest BCUT2D eigenvalue weighted by atomic mass is 32.1. The Morgan fingerprint density at radius 1 is 1.06 bits per heavy atom. The molecular formula is C27H21FN2O3S. The second-order valence-corrected chi connectivity index (χ2v) is 9.25. The molecule has 34 heavy (non-hydrogen) atoms. The largest absolute Gasteiger partial charge is 0.507 e. The summed E-state index contributed by atoms with van der Waals surface area (Å²) in [6.45, 7) is 3.97. The molecule has 4 aromatic rings. The normalized spacial score (nSPS) is 17.6. The fourth-order valence-electron chi connectivity index (χ4n) is 4.14. The van der Waals surface area contributed by atoms with Crippen LogP contribution in [-0.2, 0) is 16.0 Å². The summed E-state index contributed by atoms with van der Waals surface area (Å²) in [7, 11) is 0. The summed E-state index contributed by atoms with van der Waals surface area (Å²) in [5, 5.41) is 11.5. The van der Waals surface area contributed by atoms with Gasteiger partial charge in [0.05, 0.1) is 21.8 Å². The molecule has 1 aromatic heterocycles. The molecule has 5 rings (SSSR count). The van der Waals surface area contributed by atoms with Crippen LogP contribution in [0.1, 0.15) is 35.2 Å². The maximum absolute atomic E-state index is 13.7. The number of benzene rings is 3. The smallest absolute Gasteiger partial charge is 0.301 e. The number of hydrogen-bond donors (Lipinski definition) is 1. The predicted octanol–water partition coefficient (Wildman–Crippen LogP) is 5.93. The molecule has 1 saturated heterocycles. The zero-order chi connectivity index (χ0) is 24.0. The molecule has 1 fully saturated rings. The predicted molar refractivity (Wildman–Crippen MR) is 131 cm³/mol. The number of rotatable bonds is 4. The number of nitrogens with zero attached hydrogens (tertiary/aromatic N) is 2. The highest BCUT2D eigenvalue weighted by Crippen LogP contribution is 2.44. The van der Waals surface area contributed by atoms with E-state index in [4.69, 9.17) is 0 Å². The van der Waals surface area contributed by atoms with Crippen LogP contribution in [0.15, 0.2) is 72.3 Å². The van der Waals surface area contributed by atoms with E-state index in [1.54, 1.807) is 12.1 Å². The van der Waals surface area contributed by atoms with Crippen molar-refractivity contribution in [2.45, 2.75) is 26.3 Å². The number of amides is 1. The molecule has 0 radical (unpaired) electrons. The van der Waals surface area contributed by atoms with Crippen molar-refractivity contribution in [1.29, 1.82) is 0 Å². The van der Waals surface area contributed by atoms with Crippen molar-refractivity contribution in [3.05, 3.63) is 100 Å². The van der Waals surface area contributed by atoms with Crippen LogP contribution in [0.4, 0.5) is 9.52 Å². The van der Waals surface area contributed by atoms with Crippen molar-refractivity contribution in [2.75, 3.05) is 4.90 Å². The lowest BCUT2D eigenvalue weighted by atomic mass is 9.95. The zero-order valence-electron chi connectivity index (χ0n) is 18.6. The SMILES string of the molecule is CCc1ccc2nc(N3C(=O)C(=O)C(=C(O)c4ccc(C)cc4)[C@@H]3c3ccc(F)cc3)sc2c1. The third kappa shape index (κ3) is 3.68. The van der Waals surface area contributed by atoms with Gasteiger partial charge in [-0.25, -0.2) is 9.37 Å². The molecule has 0 unspecified atom stereocenters.